The van der Waals surface area contributed by atoms with Crippen LogP contribution in [-0.2, 0) is 20.7 Å². The lowest BCUT2D eigenvalue weighted by Crippen LogP contribution is -2.30. The number of carbonyl (C=O) groups is 2. The summed E-state index contributed by atoms with van der Waals surface area (Å²) in [5.74, 6) is -0.411. The summed E-state index contributed by atoms with van der Waals surface area (Å²) >= 11 is 0. The van der Waals surface area contributed by atoms with Crippen LogP contribution in [0, 0.1) is 11.3 Å². The van der Waals surface area contributed by atoms with E-state index in [0.717, 1.165) is 0 Å². The summed E-state index contributed by atoms with van der Waals surface area (Å²) in [6, 6.07) is 15.6. The van der Waals surface area contributed by atoms with Crippen molar-refractivity contribution in [1.82, 2.24) is 0 Å². The molecule has 0 aromatic heterocycles. The Balaban J connectivity index is 1.94. The molecule has 0 spiro atoms. The lowest BCUT2D eigenvalue weighted by molar-refractivity contribution is -0.152. The quantitative estimate of drug-likeness (QED) is 0.818. The monoisotopic (exact) mass is 338 g/mol. The first-order valence-electron chi connectivity index (χ1n) is 7.66. The van der Waals surface area contributed by atoms with E-state index in [1.165, 1.54) is 14.0 Å². The van der Waals surface area contributed by atoms with Gasteiger partial charge in [0.25, 0.3) is 5.91 Å². The molecule has 1 amide bonds. The average Bonchev–Trinajstić information content (AvgIpc) is 2.62. The molecule has 0 bridgehead atoms. The summed E-state index contributed by atoms with van der Waals surface area (Å²) < 4.78 is 10.4. The molecule has 128 valence electrons. The number of ether oxygens (including phenoxy) is 2. The van der Waals surface area contributed by atoms with Crippen molar-refractivity contribution in [2.24, 2.45) is 0 Å². The van der Waals surface area contributed by atoms with Crippen LogP contribution in [0.4, 0.5) is 5.69 Å². The normalized spacial score (nSPS) is 11.1. The summed E-state index contributed by atoms with van der Waals surface area (Å²) in [6.07, 6.45) is -0.959. The van der Waals surface area contributed by atoms with Crippen LogP contribution in [-0.4, -0.2) is 25.1 Å². The van der Waals surface area contributed by atoms with Crippen LogP contribution in [0.25, 0.3) is 0 Å². The van der Waals surface area contributed by atoms with Crippen molar-refractivity contribution in [3.05, 3.63) is 59.7 Å². The first kappa shape index (κ1) is 18.0. The molecular formula is C19H18N2O4. The first-order chi connectivity index (χ1) is 12.0. The van der Waals surface area contributed by atoms with Gasteiger partial charge in [0.15, 0.2) is 6.10 Å². The van der Waals surface area contributed by atoms with E-state index in [4.69, 9.17) is 14.7 Å². The molecule has 6 heteroatoms. The zero-order valence-electron chi connectivity index (χ0n) is 14.0. The second-order valence-electron chi connectivity index (χ2n) is 5.30. The van der Waals surface area contributed by atoms with Crippen LogP contribution in [0.5, 0.6) is 5.75 Å². The molecule has 0 aliphatic carbocycles. The zero-order valence-corrected chi connectivity index (χ0v) is 14.0. The van der Waals surface area contributed by atoms with Gasteiger partial charge >= 0.3 is 5.97 Å². The molecule has 2 rings (SSSR count). The molecule has 6 nitrogen and oxygen atoms in total. The van der Waals surface area contributed by atoms with E-state index in [2.05, 4.69) is 5.32 Å². The summed E-state index contributed by atoms with van der Waals surface area (Å²) in [7, 11) is 1.52. The minimum absolute atomic E-state index is 0.00551. The highest BCUT2D eigenvalue weighted by molar-refractivity contribution is 5.95. The van der Waals surface area contributed by atoms with Gasteiger partial charge < -0.3 is 14.8 Å². The third-order valence-electron chi connectivity index (χ3n) is 3.46. The van der Waals surface area contributed by atoms with Crippen LogP contribution < -0.4 is 10.1 Å². The summed E-state index contributed by atoms with van der Waals surface area (Å²) in [5.41, 5.74) is 1.58. The first-order valence-corrected chi connectivity index (χ1v) is 7.66. The van der Waals surface area contributed by atoms with Crippen LogP contribution in [0.3, 0.4) is 0 Å². The Bertz CT molecular complexity index is 811. The van der Waals surface area contributed by atoms with Crippen molar-refractivity contribution in [1.29, 1.82) is 5.26 Å². The fourth-order valence-corrected chi connectivity index (χ4v) is 2.21. The fraction of sp³-hybridized carbons (Fsp3) is 0.211. The van der Waals surface area contributed by atoms with Gasteiger partial charge in [-0.2, -0.15) is 5.26 Å². The Hall–Kier alpha value is -3.33. The standard InChI is InChI=1S/C19H18N2O4/c1-13(19(23)21-16-8-5-6-14(10-16)12-20)25-18(22)11-15-7-3-4-9-17(15)24-2/h3-10,13H,11H2,1-2H3,(H,21,23)/t13-/m0/s1. The summed E-state index contributed by atoms with van der Waals surface area (Å²) in [5, 5.41) is 11.5. The molecule has 1 atom stereocenters. The Morgan fingerprint density at radius 1 is 1.20 bits per heavy atom. The van der Waals surface area contributed by atoms with Crippen molar-refractivity contribution in [3.8, 4) is 11.8 Å². The van der Waals surface area contributed by atoms with Crippen molar-refractivity contribution in [2.75, 3.05) is 12.4 Å². The van der Waals surface area contributed by atoms with E-state index >= 15 is 0 Å². The van der Waals surface area contributed by atoms with Gasteiger partial charge in [0, 0.05) is 11.3 Å². The Morgan fingerprint density at radius 2 is 1.96 bits per heavy atom. The second kappa shape index (κ2) is 8.50. The Morgan fingerprint density at radius 3 is 2.68 bits per heavy atom. The van der Waals surface area contributed by atoms with Gasteiger partial charge in [-0.1, -0.05) is 24.3 Å². The molecule has 1 N–H and O–H groups in total. The number of anilines is 1. The number of nitrogens with zero attached hydrogens (tertiary/aromatic N) is 1. The minimum atomic E-state index is -0.965. The van der Waals surface area contributed by atoms with Gasteiger partial charge in [0.05, 0.1) is 25.2 Å². The largest absolute Gasteiger partial charge is 0.496 e. The Labute approximate surface area is 146 Å². The van der Waals surface area contributed by atoms with Crippen LogP contribution in [0.1, 0.15) is 18.1 Å². The third-order valence-corrected chi connectivity index (χ3v) is 3.46. The smallest absolute Gasteiger partial charge is 0.311 e. The van der Waals surface area contributed by atoms with Gasteiger partial charge in [-0.3, -0.25) is 9.59 Å². The van der Waals surface area contributed by atoms with Crippen LogP contribution >= 0.6 is 0 Å². The number of hydrogen-bond donors (Lipinski definition) is 1. The van der Waals surface area contributed by atoms with Crippen molar-refractivity contribution >= 4 is 17.6 Å². The van der Waals surface area contributed by atoms with Gasteiger partial charge in [0.1, 0.15) is 5.75 Å². The number of nitrogens with one attached hydrogen (secondary N) is 1. The highest BCUT2D eigenvalue weighted by atomic mass is 16.5. The average molecular weight is 338 g/mol. The number of carbonyl (C=O) groups excluding carboxylic acids is 2. The van der Waals surface area contributed by atoms with Gasteiger partial charge in [-0.05, 0) is 31.2 Å². The number of benzene rings is 2. The predicted molar refractivity (Wildman–Crippen MR) is 92.0 cm³/mol. The number of amides is 1. The van der Waals surface area contributed by atoms with E-state index < -0.39 is 18.0 Å². The molecule has 0 aliphatic heterocycles. The van der Waals surface area contributed by atoms with Crippen molar-refractivity contribution < 1.29 is 19.1 Å². The molecule has 2 aromatic carbocycles. The molecule has 0 aliphatic rings. The maximum atomic E-state index is 12.1. The van der Waals surface area contributed by atoms with Crippen molar-refractivity contribution in [2.45, 2.75) is 19.4 Å². The van der Waals surface area contributed by atoms with E-state index in [0.29, 0.717) is 22.6 Å². The molecule has 0 unspecified atom stereocenters. The highest BCUT2D eigenvalue weighted by Crippen LogP contribution is 2.18. The van der Waals surface area contributed by atoms with E-state index in [1.54, 1.807) is 48.5 Å². The summed E-state index contributed by atoms with van der Waals surface area (Å²) in [4.78, 5) is 24.2. The van der Waals surface area contributed by atoms with E-state index in [1.807, 2.05) is 6.07 Å². The Kier molecular flexibility index (Phi) is 6.13. The maximum Gasteiger partial charge on any atom is 0.311 e. The SMILES string of the molecule is COc1ccccc1CC(=O)O[C@@H](C)C(=O)Nc1cccc(C#N)c1. The zero-order chi connectivity index (χ0) is 18.2. The lowest BCUT2D eigenvalue weighted by Gasteiger charge is -2.14. The number of rotatable bonds is 6. The lowest BCUT2D eigenvalue weighted by atomic mass is 10.1. The maximum absolute atomic E-state index is 12.1. The van der Waals surface area contributed by atoms with Gasteiger partial charge in [0.2, 0.25) is 0 Å². The molecule has 0 radical (unpaired) electrons. The molecule has 0 saturated carbocycles. The molecular weight excluding hydrogens is 320 g/mol. The second-order valence-corrected chi connectivity index (χ2v) is 5.30. The molecule has 0 saturated heterocycles. The van der Waals surface area contributed by atoms with Gasteiger partial charge in [-0.15, -0.1) is 0 Å². The van der Waals surface area contributed by atoms with Crippen LogP contribution in [0.15, 0.2) is 48.5 Å². The third kappa shape index (κ3) is 5.08. The summed E-state index contributed by atoms with van der Waals surface area (Å²) in [6.45, 7) is 1.49. The number of hydrogen-bond acceptors (Lipinski definition) is 5. The fourth-order valence-electron chi connectivity index (χ4n) is 2.21. The molecule has 25 heavy (non-hydrogen) atoms. The predicted octanol–water partition coefficient (Wildman–Crippen LogP) is 2.68. The molecule has 0 fully saturated rings. The van der Waals surface area contributed by atoms with E-state index in [-0.39, 0.29) is 6.42 Å². The number of nitriles is 1. The number of para-hydroxylation sites is 1. The number of methoxy groups -OCH3 is 1. The molecule has 2 aromatic rings. The topological polar surface area (TPSA) is 88.4 Å². The van der Waals surface area contributed by atoms with Gasteiger partial charge in [-0.25, -0.2) is 0 Å². The molecule has 0 heterocycles. The van der Waals surface area contributed by atoms with E-state index in [9.17, 15) is 9.59 Å². The minimum Gasteiger partial charge on any atom is -0.496 e. The number of esters is 1. The van der Waals surface area contributed by atoms with Crippen LogP contribution in [0.2, 0.25) is 0 Å². The van der Waals surface area contributed by atoms with Crippen molar-refractivity contribution in [3.63, 3.8) is 0 Å². The highest BCUT2D eigenvalue weighted by Gasteiger charge is 2.19.